The predicted octanol–water partition coefficient (Wildman–Crippen LogP) is 0.954. The lowest BCUT2D eigenvalue weighted by atomic mass is 9.82. The number of rotatable bonds is 6. The Kier molecular flexibility index (Phi) is 3.59. The van der Waals surface area contributed by atoms with Crippen molar-refractivity contribution in [1.29, 1.82) is 0 Å². The van der Waals surface area contributed by atoms with Crippen LogP contribution in [0.4, 0.5) is 0 Å². The number of nitrogens with one attached hydrogen (secondary N) is 1. The molecule has 0 fully saturated rings. The molecular formula is C11H16N6O2. The summed E-state index contributed by atoms with van der Waals surface area (Å²) in [7, 11) is 0. The van der Waals surface area contributed by atoms with E-state index in [1.54, 1.807) is 12.4 Å². The van der Waals surface area contributed by atoms with Crippen LogP contribution in [0.15, 0.2) is 12.4 Å². The van der Waals surface area contributed by atoms with Crippen molar-refractivity contribution < 1.29 is 9.90 Å². The number of hydrogen-bond acceptors (Lipinski definition) is 5. The lowest BCUT2D eigenvalue weighted by molar-refractivity contribution is -0.150. The van der Waals surface area contributed by atoms with Crippen molar-refractivity contribution in [2.45, 2.75) is 33.2 Å². The van der Waals surface area contributed by atoms with Crippen LogP contribution in [0.1, 0.15) is 26.7 Å². The minimum absolute atomic E-state index is 0.239. The number of carbonyl (C=O) groups is 1. The fraction of sp³-hybridized carbons (Fsp3) is 0.545. The lowest BCUT2D eigenvalue weighted by Crippen LogP contribution is -2.35. The number of aliphatic carboxylic acids is 1. The molecule has 2 aromatic rings. The van der Waals surface area contributed by atoms with Gasteiger partial charge in [0.15, 0.2) is 5.82 Å². The quantitative estimate of drug-likeness (QED) is 0.804. The maximum absolute atomic E-state index is 11.5. The molecule has 8 heteroatoms. The minimum Gasteiger partial charge on any atom is -0.481 e. The number of tetrazole rings is 1. The molecule has 0 atom stereocenters. The molecule has 2 N–H and O–H groups in total. The number of carboxylic acid groups (broad SMARTS) is 1. The largest absolute Gasteiger partial charge is 0.481 e. The van der Waals surface area contributed by atoms with E-state index in [9.17, 15) is 9.90 Å². The van der Waals surface area contributed by atoms with Gasteiger partial charge in [-0.15, -0.1) is 5.10 Å². The zero-order valence-corrected chi connectivity index (χ0v) is 10.9. The number of hydrogen-bond donors (Lipinski definition) is 2. The van der Waals surface area contributed by atoms with Crippen molar-refractivity contribution in [3.8, 4) is 11.4 Å². The SMILES string of the molecule is CCC(CC)(Cn1nnnc1-c1cn[nH]c1)C(=O)O. The third-order valence-corrected chi connectivity index (χ3v) is 3.55. The Morgan fingerprint density at radius 3 is 2.74 bits per heavy atom. The molecule has 0 bridgehead atoms. The summed E-state index contributed by atoms with van der Waals surface area (Å²) in [6, 6.07) is 0. The topological polar surface area (TPSA) is 110 Å². The normalized spacial score (nSPS) is 11.7. The maximum Gasteiger partial charge on any atom is 0.311 e. The third kappa shape index (κ3) is 2.33. The first-order valence-corrected chi connectivity index (χ1v) is 6.11. The Bertz CT molecular complexity index is 543. The summed E-state index contributed by atoms with van der Waals surface area (Å²) in [6.07, 6.45) is 4.30. The molecule has 0 unspecified atom stereocenters. The number of carboxylic acids is 1. The number of nitrogens with zero attached hydrogens (tertiary/aromatic N) is 5. The van der Waals surface area contributed by atoms with Crippen molar-refractivity contribution in [2.75, 3.05) is 0 Å². The second-order valence-corrected chi connectivity index (χ2v) is 4.44. The van der Waals surface area contributed by atoms with Crippen molar-refractivity contribution in [2.24, 2.45) is 5.41 Å². The van der Waals surface area contributed by atoms with Crippen LogP contribution in [0.5, 0.6) is 0 Å². The van der Waals surface area contributed by atoms with E-state index >= 15 is 0 Å². The molecule has 2 aromatic heterocycles. The number of aromatic nitrogens is 6. The van der Waals surface area contributed by atoms with E-state index in [0.29, 0.717) is 18.7 Å². The molecule has 8 nitrogen and oxygen atoms in total. The van der Waals surface area contributed by atoms with E-state index in [0.717, 1.165) is 5.56 Å². The van der Waals surface area contributed by atoms with Crippen molar-refractivity contribution in [3.05, 3.63) is 12.4 Å². The van der Waals surface area contributed by atoms with Crippen LogP contribution >= 0.6 is 0 Å². The number of aromatic amines is 1. The van der Waals surface area contributed by atoms with E-state index in [4.69, 9.17) is 0 Å². The Morgan fingerprint density at radius 1 is 1.47 bits per heavy atom. The van der Waals surface area contributed by atoms with Gasteiger partial charge in [-0.05, 0) is 23.3 Å². The zero-order chi connectivity index (χ0) is 13.9. The standard InChI is InChI=1S/C11H16N6O2/c1-3-11(4-2,10(18)19)7-17-9(14-15-16-17)8-5-12-13-6-8/h5-6H,3-4,7H2,1-2H3,(H,12,13)(H,18,19). The maximum atomic E-state index is 11.5. The highest BCUT2D eigenvalue weighted by Gasteiger charge is 2.36. The summed E-state index contributed by atoms with van der Waals surface area (Å²) >= 11 is 0. The number of H-pyrrole nitrogens is 1. The van der Waals surface area contributed by atoms with Crippen LogP contribution in [-0.2, 0) is 11.3 Å². The van der Waals surface area contributed by atoms with Crippen LogP contribution in [0, 0.1) is 5.41 Å². The van der Waals surface area contributed by atoms with Gasteiger partial charge in [0.2, 0.25) is 0 Å². The minimum atomic E-state index is -0.853. The van der Waals surface area contributed by atoms with E-state index in [2.05, 4.69) is 25.7 Å². The van der Waals surface area contributed by atoms with E-state index in [1.807, 2.05) is 13.8 Å². The van der Waals surface area contributed by atoms with Gasteiger partial charge in [0.05, 0.1) is 23.7 Å². The molecule has 102 valence electrons. The first-order valence-electron chi connectivity index (χ1n) is 6.11. The van der Waals surface area contributed by atoms with Gasteiger partial charge in [-0.2, -0.15) is 5.10 Å². The zero-order valence-electron chi connectivity index (χ0n) is 10.9. The third-order valence-electron chi connectivity index (χ3n) is 3.55. The van der Waals surface area contributed by atoms with Gasteiger partial charge in [0, 0.05) is 6.20 Å². The summed E-state index contributed by atoms with van der Waals surface area (Å²) in [4.78, 5) is 11.5. The fourth-order valence-corrected chi connectivity index (χ4v) is 2.02. The van der Waals surface area contributed by atoms with Gasteiger partial charge in [0.25, 0.3) is 0 Å². The van der Waals surface area contributed by atoms with Gasteiger partial charge in [-0.3, -0.25) is 9.89 Å². The van der Waals surface area contributed by atoms with Gasteiger partial charge in [-0.25, -0.2) is 4.68 Å². The van der Waals surface area contributed by atoms with Gasteiger partial charge >= 0.3 is 5.97 Å². The van der Waals surface area contributed by atoms with E-state index in [1.165, 1.54) is 4.68 Å². The molecule has 2 rings (SSSR count). The molecule has 0 radical (unpaired) electrons. The van der Waals surface area contributed by atoms with Crippen LogP contribution in [0.3, 0.4) is 0 Å². The van der Waals surface area contributed by atoms with Gasteiger partial charge in [0.1, 0.15) is 0 Å². The van der Waals surface area contributed by atoms with Gasteiger partial charge < -0.3 is 5.11 Å². The highest BCUT2D eigenvalue weighted by atomic mass is 16.4. The fourth-order valence-electron chi connectivity index (χ4n) is 2.02. The molecule has 0 aliphatic heterocycles. The first kappa shape index (κ1) is 13.2. The van der Waals surface area contributed by atoms with Crippen LogP contribution in [0.25, 0.3) is 11.4 Å². The van der Waals surface area contributed by atoms with Gasteiger partial charge in [-0.1, -0.05) is 13.8 Å². The first-order chi connectivity index (χ1) is 9.13. The lowest BCUT2D eigenvalue weighted by Gasteiger charge is -2.26. The van der Waals surface area contributed by atoms with Crippen LogP contribution in [0.2, 0.25) is 0 Å². The summed E-state index contributed by atoms with van der Waals surface area (Å²) in [6.45, 7) is 3.96. The molecule has 0 aliphatic rings. The highest BCUT2D eigenvalue weighted by Crippen LogP contribution is 2.30. The average molecular weight is 264 g/mol. The van der Waals surface area contributed by atoms with Crippen molar-refractivity contribution in [1.82, 2.24) is 30.4 Å². The molecule has 0 saturated carbocycles. The molecule has 2 heterocycles. The molecule has 0 spiro atoms. The predicted molar refractivity (Wildman–Crippen MR) is 66.0 cm³/mol. The van der Waals surface area contributed by atoms with E-state index in [-0.39, 0.29) is 6.54 Å². The summed E-state index contributed by atoms with van der Waals surface area (Å²) in [5, 5.41) is 27.4. The van der Waals surface area contributed by atoms with Crippen LogP contribution in [-0.4, -0.2) is 41.5 Å². The Balaban J connectivity index is 2.34. The molecular weight excluding hydrogens is 248 g/mol. The molecule has 0 aromatic carbocycles. The van der Waals surface area contributed by atoms with Crippen molar-refractivity contribution in [3.63, 3.8) is 0 Å². The summed E-state index contributed by atoms with van der Waals surface area (Å²) < 4.78 is 1.52. The van der Waals surface area contributed by atoms with Crippen molar-refractivity contribution >= 4 is 5.97 Å². The smallest absolute Gasteiger partial charge is 0.311 e. The second kappa shape index (κ2) is 5.17. The molecule has 0 saturated heterocycles. The summed E-state index contributed by atoms with van der Waals surface area (Å²) in [5.74, 6) is -0.313. The highest BCUT2D eigenvalue weighted by molar-refractivity contribution is 5.74. The van der Waals surface area contributed by atoms with Crippen LogP contribution < -0.4 is 0 Å². The second-order valence-electron chi connectivity index (χ2n) is 4.44. The van der Waals surface area contributed by atoms with E-state index < -0.39 is 11.4 Å². The summed E-state index contributed by atoms with van der Waals surface area (Å²) in [5.41, 5.74) is -0.120. The monoisotopic (exact) mass is 264 g/mol. The molecule has 0 amide bonds. The Hall–Kier alpha value is -2.25. The Labute approximate surface area is 109 Å². The average Bonchev–Trinajstić information content (AvgIpc) is 3.06. The molecule has 19 heavy (non-hydrogen) atoms. The molecule has 0 aliphatic carbocycles. The Morgan fingerprint density at radius 2 is 2.21 bits per heavy atom.